The molecule has 1 atom stereocenters. The summed E-state index contributed by atoms with van der Waals surface area (Å²) in [6.07, 6.45) is 8.03. The van der Waals surface area contributed by atoms with Gasteiger partial charge >= 0.3 is 0 Å². The van der Waals surface area contributed by atoms with Crippen molar-refractivity contribution in [2.45, 2.75) is 12.3 Å². The number of nitrogens with zero attached hydrogens (tertiary/aromatic N) is 2. The molecule has 0 saturated heterocycles. The van der Waals surface area contributed by atoms with Gasteiger partial charge in [-0.05, 0) is 93.9 Å². The van der Waals surface area contributed by atoms with Crippen molar-refractivity contribution in [3.8, 4) is 16.8 Å². The lowest BCUT2D eigenvalue weighted by atomic mass is 9.91. The van der Waals surface area contributed by atoms with E-state index in [4.69, 9.17) is 0 Å². The fourth-order valence-electron chi connectivity index (χ4n) is 8.18. The first kappa shape index (κ1) is 30.2. The van der Waals surface area contributed by atoms with Gasteiger partial charge in [0.2, 0.25) is 0 Å². The molecule has 0 radical (unpaired) electrons. The van der Waals surface area contributed by atoms with Crippen LogP contribution in [0, 0.1) is 0 Å². The molecule has 0 fully saturated rings. The predicted molar refractivity (Wildman–Crippen MR) is 221 cm³/mol. The summed E-state index contributed by atoms with van der Waals surface area (Å²) >= 11 is 0. The monoisotopic (exact) mass is 664 g/mol. The van der Waals surface area contributed by atoms with Crippen LogP contribution < -0.4 is 4.90 Å². The van der Waals surface area contributed by atoms with Crippen molar-refractivity contribution in [2.24, 2.45) is 0 Å². The average molecular weight is 665 g/mol. The molecule has 1 aromatic heterocycles. The molecule has 9 aromatic rings. The Morgan fingerprint density at radius 1 is 0.500 bits per heavy atom. The van der Waals surface area contributed by atoms with E-state index in [2.05, 4.69) is 210 Å². The van der Waals surface area contributed by atoms with Crippen LogP contribution in [0.2, 0.25) is 0 Å². The maximum atomic E-state index is 2.44. The Bertz CT molecular complexity index is 2810. The van der Waals surface area contributed by atoms with Crippen molar-refractivity contribution in [3.05, 3.63) is 211 Å². The summed E-state index contributed by atoms with van der Waals surface area (Å²) in [6, 6.07) is 66.2. The van der Waals surface area contributed by atoms with Crippen LogP contribution in [-0.4, -0.2) is 4.57 Å². The van der Waals surface area contributed by atoms with Crippen LogP contribution in [-0.2, 0) is 0 Å². The average Bonchev–Trinajstić information content (AvgIpc) is 3.54. The van der Waals surface area contributed by atoms with Gasteiger partial charge in [-0.25, -0.2) is 0 Å². The zero-order chi connectivity index (χ0) is 34.4. The van der Waals surface area contributed by atoms with Crippen molar-refractivity contribution in [3.63, 3.8) is 0 Å². The highest BCUT2D eigenvalue weighted by Crippen LogP contribution is 2.42. The van der Waals surface area contributed by atoms with E-state index in [0.29, 0.717) is 5.92 Å². The molecule has 8 aromatic carbocycles. The van der Waals surface area contributed by atoms with Crippen LogP contribution >= 0.6 is 0 Å². The van der Waals surface area contributed by atoms with Gasteiger partial charge in [0.1, 0.15) is 0 Å². The van der Waals surface area contributed by atoms with Gasteiger partial charge in [-0.2, -0.15) is 0 Å². The topological polar surface area (TPSA) is 8.17 Å². The number of hydrogen-bond donors (Lipinski definition) is 0. The SMILES string of the molecule is C1=CC(c2ccccc2)CC=C1N(c1ccc(-n2c3ccccc3c3cc4ccccc4cc32)cc1)c1ccc(-c2ccccc2)c2ccccc12. The molecule has 52 heavy (non-hydrogen) atoms. The zero-order valence-corrected chi connectivity index (χ0v) is 28.7. The highest BCUT2D eigenvalue weighted by atomic mass is 15.1. The molecule has 10 rings (SSSR count). The first-order chi connectivity index (χ1) is 25.8. The highest BCUT2D eigenvalue weighted by Gasteiger charge is 2.21. The van der Waals surface area contributed by atoms with Gasteiger partial charge in [0, 0.05) is 39.1 Å². The number of rotatable bonds is 6. The molecule has 0 aliphatic heterocycles. The first-order valence-corrected chi connectivity index (χ1v) is 18.1. The normalized spacial score (nSPS) is 14.3. The number of benzene rings is 8. The predicted octanol–water partition coefficient (Wildman–Crippen LogP) is 13.5. The van der Waals surface area contributed by atoms with E-state index in [-0.39, 0.29) is 0 Å². The molecule has 0 bridgehead atoms. The highest BCUT2D eigenvalue weighted by molar-refractivity contribution is 6.13. The maximum absolute atomic E-state index is 2.44. The number of fused-ring (bicyclic) bond motifs is 5. The fraction of sp³-hybridized carbons (Fsp3) is 0.0400. The van der Waals surface area contributed by atoms with Crippen molar-refractivity contribution in [1.29, 1.82) is 0 Å². The summed E-state index contributed by atoms with van der Waals surface area (Å²) < 4.78 is 2.42. The third-order valence-electron chi connectivity index (χ3n) is 10.7. The minimum Gasteiger partial charge on any atom is -0.310 e. The largest absolute Gasteiger partial charge is 0.310 e. The van der Waals surface area contributed by atoms with Crippen molar-refractivity contribution < 1.29 is 0 Å². The quantitative estimate of drug-likeness (QED) is 0.172. The number of hydrogen-bond acceptors (Lipinski definition) is 1. The van der Waals surface area contributed by atoms with E-state index >= 15 is 0 Å². The molecule has 1 aliphatic carbocycles. The summed E-state index contributed by atoms with van der Waals surface area (Å²) in [6.45, 7) is 0. The Morgan fingerprint density at radius 2 is 1.15 bits per heavy atom. The molecule has 0 amide bonds. The number of anilines is 2. The number of aromatic nitrogens is 1. The van der Waals surface area contributed by atoms with E-state index in [9.17, 15) is 0 Å². The van der Waals surface area contributed by atoms with Gasteiger partial charge in [-0.1, -0.05) is 146 Å². The summed E-state index contributed by atoms with van der Waals surface area (Å²) in [5.74, 6) is 0.359. The molecule has 246 valence electrons. The van der Waals surface area contributed by atoms with Gasteiger partial charge < -0.3 is 9.47 Å². The van der Waals surface area contributed by atoms with E-state index in [0.717, 1.165) is 17.8 Å². The second-order valence-corrected chi connectivity index (χ2v) is 13.7. The summed E-state index contributed by atoms with van der Waals surface area (Å²) in [5.41, 5.74) is 10.9. The Kier molecular flexibility index (Phi) is 7.32. The van der Waals surface area contributed by atoms with Gasteiger partial charge in [-0.15, -0.1) is 0 Å². The smallest absolute Gasteiger partial charge is 0.0547 e. The van der Waals surface area contributed by atoms with Crippen LogP contribution in [0.15, 0.2) is 206 Å². The van der Waals surface area contributed by atoms with Gasteiger partial charge in [0.05, 0.1) is 16.7 Å². The summed E-state index contributed by atoms with van der Waals surface area (Å²) in [4.78, 5) is 2.44. The van der Waals surface area contributed by atoms with Gasteiger partial charge in [-0.3, -0.25) is 0 Å². The lowest BCUT2D eigenvalue weighted by molar-refractivity contribution is 0.840. The Hall–Kier alpha value is -6.64. The van der Waals surface area contributed by atoms with E-state index in [1.807, 2.05) is 0 Å². The van der Waals surface area contributed by atoms with Crippen molar-refractivity contribution in [1.82, 2.24) is 4.57 Å². The molecule has 1 aliphatic rings. The van der Waals surface area contributed by atoms with Crippen molar-refractivity contribution in [2.75, 3.05) is 4.90 Å². The van der Waals surface area contributed by atoms with E-state index in [1.165, 1.54) is 71.4 Å². The number of para-hydroxylation sites is 1. The van der Waals surface area contributed by atoms with Crippen LogP contribution in [0.4, 0.5) is 11.4 Å². The van der Waals surface area contributed by atoms with Gasteiger partial charge in [0.25, 0.3) is 0 Å². The third-order valence-corrected chi connectivity index (χ3v) is 10.7. The maximum Gasteiger partial charge on any atom is 0.0547 e. The molecule has 2 heteroatoms. The lowest BCUT2D eigenvalue weighted by Crippen LogP contribution is -2.18. The van der Waals surface area contributed by atoms with E-state index < -0.39 is 0 Å². The van der Waals surface area contributed by atoms with Gasteiger partial charge in [0.15, 0.2) is 0 Å². The Morgan fingerprint density at radius 3 is 1.90 bits per heavy atom. The standard InChI is InChI=1S/C50H36N2/c1-3-13-35(14-4-1)36-23-25-40(26-24-36)51(49-32-31-43(37-15-5-2-6-16-37)44-19-9-10-20-45(44)49)41-27-29-42(30-28-41)52-48-22-12-11-21-46(48)47-33-38-17-7-8-18-39(38)34-50(47)52/h1-23,25-34,36H,24H2. The van der Waals surface area contributed by atoms with Crippen LogP contribution in [0.1, 0.15) is 17.9 Å². The molecule has 0 N–H and O–H groups in total. The summed E-state index contributed by atoms with van der Waals surface area (Å²) in [5, 5.41) is 7.52. The van der Waals surface area contributed by atoms with Crippen molar-refractivity contribution >= 4 is 54.7 Å². The molecule has 2 nitrogen and oxygen atoms in total. The second kappa shape index (κ2) is 12.6. The van der Waals surface area contributed by atoms with Crippen LogP contribution in [0.5, 0.6) is 0 Å². The first-order valence-electron chi connectivity index (χ1n) is 18.1. The molecule has 0 saturated carbocycles. The molecular weight excluding hydrogens is 629 g/mol. The van der Waals surface area contributed by atoms with E-state index in [1.54, 1.807) is 0 Å². The molecule has 0 spiro atoms. The second-order valence-electron chi connectivity index (χ2n) is 13.7. The fourth-order valence-corrected chi connectivity index (χ4v) is 8.18. The molecule has 1 unspecified atom stereocenters. The molecule has 1 heterocycles. The minimum absolute atomic E-state index is 0.359. The van der Waals surface area contributed by atoms with Crippen LogP contribution in [0.25, 0.3) is 60.2 Å². The molecular formula is C50H36N2. The summed E-state index contributed by atoms with van der Waals surface area (Å²) in [7, 11) is 0. The Balaban J connectivity index is 1.12. The number of allylic oxidation sites excluding steroid dienone is 3. The minimum atomic E-state index is 0.359. The third kappa shape index (κ3) is 5.11. The Labute approximate surface area is 303 Å². The van der Waals surface area contributed by atoms with Crippen LogP contribution in [0.3, 0.4) is 0 Å². The lowest BCUT2D eigenvalue weighted by Gasteiger charge is -2.30. The zero-order valence-electron chi connectivity index (χ0n) is 28.7.